The first-order valence-corrected chi connectivity index (χ1v) is 5.57. The van der Waals surface area contributed by atoms with E-state index in [9.17, 15) is 4.79 Å². The normalized spacial score (nSPS) is 12.3. The number of carboxylic acids is 1. The summed E-state index contributed by atoms with van der Waals surface area (Å²) in [5.74, 6) is -0.534. The molecule has 0 saturated heterocycles. The summed E-state index contributed by atoms with van der Waals surface area (Å²) < 4.78 is 5.21. The predicted octanol–water partition coefficient (Wildman–Crippen LogP) is 1.92. The molecular formula is C12H16ClNO3. The Balaban J connectivity index is 3.19. The molecule has 1 unspecified atom stereocenters. The molecule has 94 valence electrons. The molecule has 1 atom stereocenters. The number of aliphatic carboxylic acids is 1. The largest absolute Gasteiger partial charge is 0.495 e. The van der Waals surface area contributed by atoms with E-state index < -0.39 is 12.0 Å². The second-order valence-corrected chi connectivity index (χ2v) is 4.35. The van der Waals surface area contributed by atoms with E-state index in [2.05, 4.69) is 0 Å². The lowest BCUT2D eigenvalue weighted by atomic mass is 10.00. The fraction of sp³-hybridized carbons (Fsp3) is 0.417. The molecule has 3 N–H and O–H groups in total. The highest BCUT2D eigenvalue weighted by atomic mass is 35.5. The zero-order valence-electron chi connectivity index (χ0n) is 10.1. The molecule has 0 aliphatic carbocycles. The topological polar surface area (TPSA) is 72.5 Å². The lowest BCUT2D eigenvalue weighted by Crippen LogP contribution is -2.32. The average molecular weight is 258 g/mol. The van der Waals surface area contributed by atoms with Crippen molar-refractivity contribution in [1.29, 1.82) is 0 Å². The summed E-state index contributed by atoms with van der Waals surface area (Å²) in [6, 6.07) is 0.908. The van der Waals surface area contributed by atoms with Gasteiger partial charge in [0.05, 0.1) is 12.1 Å². The van der Waals surface area contributed by atoms with Crippen molar-refractivity contribution < 1.29 is 14.6 Å². The molecule has 0 aromatic heterocycles. The van der Waals surface area contributed by atoms with Crippen LogP contribution in [0.15, 0.2) is 6.07 Å². The van der Waals surface area contributed by atoms with Crippen LogP contribution in [0.5, 0.6) is 5.75 Å². The Hall–Kier alpha value is -1.26. The van der Waals surface area contributed by atoms with Crippen molar-refractivity contribution in [3.8, 4) is 5.75 Å². The number of methoxy groups -OCH3 is 1. The van der Waals surface area contributed by atoms with Crippen LogP contribution in [-0.4, -0.2) is 24.2 Å². The third-order valence-electron chi connectivity index (χ3n) is 2.76. The summed E-state index contributed by atoms with van der Waals surface area (Å²) in [6.45, 7) is 3.80. The zero-order valence-corrected chi connectivity index (χ0v) is 10.8. The number of nitrogens with two attached hydrogens (primary N) is 1. The Bertz CT molecular complexity index is 446. The minimum atomic E-state index is -1.04. The third kappa shape index (κ3) is 2.90. The fourth-order valence-corrected chi connectivity index (χ4v) is 1.96. The van der Waals surface area contributed by atoms with Gasteiger partial charge in [0.1, 0.15) is 11.8 Å². The molecule has 4 nitrogen and oxygen atoms in total. The predicted molar refractivity (Wildman–Crippen MR) is 66.8 cm³/mol. The molecule has 0 radical (unpaired) electrons. The Morgan fingerprint density at radius 2 is 2.18 bits per heavy atom. The lowest BCUT2D eigenvalue weighted by molar-refractivity contribution is -0.138. The van der Waals surface area contributed by atoms with Crippen LogP contribution in [0.1, 0.15) is 16.7 Å². The molecule has 0 spiro atoms. The van der Waals surface area contributed by atoms with Crippen LogP contribution in [0.4, 0.5) is 0 Å². The second kappa shape index (κ2) is 5.38. The summed E-state index contributed by atoms with van der Waals surface area (Å²) in [7, 11) is 1.51. The third-order valence-corrected chi connectivity index (χ3v) is 3.22. The number of carbonyl (C=O) groups is 1. The highest BCUT2D eigenvalue weighted by Crippen LogP contribution is 2.34. The zero-order chi connectivity index (χ0) is 13.2. The van der Waals surface area contributed by atoms with Crippen molar-refractivity contribution in [3.63, 3.8) is 0 Å². The van der Waals surface area contributed by atoms with Gasteiger partial charge in [0.25, 0.3) is 0 Å². The van der Waals surface area contributed by atoms with E-state index in [-0.39, 0.29) is 6.42 Å². The van der Waals surface area contributed by atoms with Crippen LogP contribution in [-0.2, 0) is 11.2 Å². The van der Waals surface area contributed by atoms with Crippen LogP contribution >= 0.6 is 11.6 Å². The molecule has 1 rings (SSSR count). The van der Waals surface area contributed by atoms with Crippen molar-refractivity contribution in [2.24, 2.45) is 5.73 Å². The summed E-state index contributed by atoms with van der Waals surface area (Å²) in [6.07, 6.45) is 0.194. The Morgan fingerprint density at radius 1 is 1.59 bits per heavy atom. The number of aryl methyl sites for hydroxylation is 1. The Kier molecular flexibility index (Phi) is 4.37. The highest BCUT2D eigenvalue weighted by molar-refractivity contribution is 6.33. The van der Waals surface area contributed by atoms with E-state index in [4.69, 9.17) is 27.2 Å². The summed E-state index contributed by atoms with van der Waals surface area (Å²) in [4.78, 5) is 10.7. The number of rotatable bonds is 4. The van der Waals surface area contributed by atoms with Gasteiger partial charge in [0, 0.05) is 6.42 Å². The maximum Gasteiger partial charge on any atom is 0.320 e. The van der Waals surface area contributed by atoms with E-state index in [1.807, 2.05) is 19.9 Å². The highest BCUT2D eigenvalue weighted by Gasteiger charge is 2.18. The average Bonchev–Trinajstić information content (AvgIpc) is 2.26. The molecule has 0 saturated carbocycles. The quantitative estimate of drug-likeness (QED) is 0.864. The fourth-order valence-electron chi connectivity index (χ4n) is 1.62. The number of hydrogen-bond donors (Lipinski definition) is 2. The van der Waals surface area contributed by atoms with Gasteiger partial charge in [-0.25, -0.2) is 0 Å². The maximum absolute atomic E-state index is 10.7. The van der Waals surface area contributed by atoms with Crippen LogP contribution in [0, 0.1) is 13.8 Å². The number of benzene rings is 1. The molecule has 0 aliphatic rings. The van der Waals surface area contributed by atoms with Crippen molar-refractivity contribution in [2.75, 3.05) is 7.11 Å². The number of hydrogen-bond acceptors (Lipinski definition) is 3. The molecule has 0 bridgehead atoms. The van der Waals surface area contributed by atoms with Crippen LogP contribution in [0.2, 0.25) is 5.02 Å². The minimum Gasteiger partial charge on any atom is -0.495 e. The molecule has 0 amide bonds. The molecule has 0 aliphatic heterocycles. The maximum atomic E-state index is 10.7. The number of carboxylic acid groups (broad SMARTS) is 1. The standard InChI is InChI=1S/C12H16ClNO3/c1-6-4-8(5-9(14)12(15)16)11(17-3)10(13)7(6)2/h4,9H,5,14H2,1-3H3,(H,15,16). The van der Waals surface area contributed by atoms with Gasteiger partial charge in [-0.3, -0.25) is 4.79 Å². The molecule has 1 aromatic carbocycles. The van der Waals surface area contributed by atoms with E-state index in [1.54, 1.807) is 0 Å². The van der Waals surface area contributed by atoms with Gasteiger partial charge < -0.3 is 15.6 Å². The van der Waals surface area contributed by atoms with Crippen molar-refractivity contribution in [1.82, 2.24) is 0 Å². The number of halogens is 1. The van der Waals surface area contributed by atoms with Gasteiger partial charge in [-0.1, -0.05) is 17.7 Å². The number of ether oxygens (including phenoxy) is 1. The first-order chi connectivity index (χ1) is 7.88. The van der Waals surface area contributed by atoms with Gasteiger partial charge in [-0.2, -0.15) is 0 Å². The molecule has 5 heteroatoms. The van der Waals surface area contributed by atoms with E-state index in [1.165, 1.54) is 7.11 Å². The van der Waals surface area contributed by atoms with E-state index in [0.717, 1.165) is 16.7 Å². The van der Waals surface area contributed by atoms with Gasteiger partial charge in [0.2, 0.25) is 0 Å². The van der Waals surface area contributed by atoms with Crippen LogP contribution < -0.4 is 10.5 Å². The SMILES string of the molecule is COc1c(CC(N)C(=O)O)cc(C)c(C)c1Cl. The first-order valence-electron chi connectivity index (χ1n) is 5.19. The summed E-state index contributed by atoms with van der Waals surface area (Å²) in [5.41, 5.74) is 8.15. The van der Waals surface area contributed by atoms with Crippen molar-refractivity contribution in [2.45, 2.75) is 26.3 Å². The van der Waals surface area contributed by atoms with Gasteiger partial charge in [0.15, 0.2) is 0 Å². The molecular weight excluding hydrogens is 242 g/mol. The first kappa shape index (κ1) is 13.8. The van der Waals surface area contributed by atoms with Gasteiger partial charge >= 0.3 is 5.97 Å². The van der Waals surface area contributed by atoms with Crippen LogP contribution in [0.3, 0.4) is 0 Å². The lowest BCUT2D eigenvalue weighted by Gasteiger charge is -2.16. The van der Waals surface area contributed by atoms with E-state index in [0.29, 0.717) is 10.8 Å². The van der Waals surface area contributed by atoms with Crippen molar-refractivity contribution in [3.05, 3.63) is 27.8 Å². The molecule has 1 aromatic rings. The van der Waals surface area contributed by atoms with Crippen molar-refractivity contribution >= 4 is 17.6 Å². The molecule has 0 heterocycles. The monoisotopic (exact) mass is 257 g/mol. The summed E-state index contributed by atoms with van der Waals surface area (Å²) >= 11 is 6.15. The Labute approximate surface area is 105 Å². The summed E-state index contributed by atoms with van der Waals surface area (Å²) in [5, 5.41) is 9.32. The Morgan fingerprint density at radius 3 is 2.65 bits per heavy atom. The van der Waals surface area contributed by atoms with Gasteiger partial charge in [-0.15, -0.1) is 0 Å². The van der Waals surface area contributed by atoms with Gasteiger partial charge in [-0.05, 0) is 30.5 Å². The molecule has 0 fully saturated rings. The smallest absolute Gasteiger partial charge is 0.320 e. The second-order valence-electron chi connectivity index (χ2n) is 3.97. The van der Waals surface area contributed by atoms with Crippen LogP contribution in [0.25, 0.3) is 0 Å². The molecule has 17 heavy (non-hydrogen) atoms. The van der Waals surface area contributed by atoms with E-state index >= 15 is 0 Å². The minimum absolute atomic E-state index is 0.194.